The van der Waals surface area contributed by atoms with Gasteiger partial charge < -0.3 is 4.74 Å². The summed E-state index contributed by atoms with van der Waals surface area (Å²) in [6, 6.07) is 31.8. The highest BCUT2D eigenvalue weighted by Crippen LogP contribution is 2.67. The van der Waals surface area contributed by atoms with Gasteiger partial charge in [-0.2, -0.15) is 0 Å². The van der Waals surface area contributed by atoms with Crippen molar-refractivity contribution in [3.05, 3.63) is 131 Å². The minimum atomic E-state index is -0.957. The van der Waals surface area contributed by atoms with Gasteiger partial charge in [0.1, 0.15) is 0 Å². The third kappa shape index (κ3) is 2.82. The van der Waals surface area contributed by atoms with Crippen LogP contribution in [0.1, 0.15) is 51.4 Å². The van der Waals surface area contributed by atoms with E-state index in [-0.39, 0.29) is 29.4 Å². The van der Waals surface area contributed by atoms with Crippen LogP contribution in [0, 0.1) is 11.3 Å². The van der Waals surface area contributed by atoms with E-state index in [0.29, 0.717) is 11.3 Å². The first kappa shape index (κ1) is 21.7. The van der Waals surface area contributed by atoms with E-state index in [2.05, 4.69) is 24.3 Å². The second-order valence-electron chi connectivity index (χ2n) is 10.1. The predicted molar refractivity (Wildman–Crippen MR) is 139 cm³/mol. The van der Waals surface area contributed by atoms with Gasteiger partial charge in [0.05, 0.1) is 22.6 Å². The molecule has 0 spiro atoms. The van der Waals surface area contributed by atoms with Crippen LogP contribution in [0.2, 0.25) is 0 Å². The summed E-state index contributed by atoms with van der Waals surface area (Å²) >= 11 is 0. The van der Waals surface area contributed by atoms with Crippen LogP contribution in [0.15, 0.2) is 103 Å². The van der Waals surface area contributed by atoms with Crippen LogP contribution in [0.3, 0.4) is 0 Å². The van der Waals surface area contributed by atoms with Crippen molar-refractivity contribution in [2.75, 3.05) is 4.90 Å². The summed E-state index contributed by atoms with van der Waals surface area (Å²) in [6.07, 6.45) is 0. The van der Waals surface area contributed by atoms with E-state index in [0.717, 1.165) is 22.3 Å². The second kappa shape index (κ2) is 7.74. The van der Waals surface area contributed by atoms with Crippen molar-refractivity contribution < 1.29 is 19.1 Å². The number of carbonyl (C=O) groups excluding carboxylic acids is 3. The number of carbonyl (C=O) groups is 3. The lowest BCUT2D eigenvalue weighted by molar-refractivity contribution is -0.128. The Morgan fingerprint density at radius 1 is 0.730 bits per heavy atom. The number of ether oxygens (including phenoxy) is 1. The predicted octanol–water partition coefficient (Wildman–Crippen LogP) is 5.69. The summed E-state index contributed by atoms with van der Waals surface area (Å²) in [5.74, 6) is -1.89. The maximum atomic E-state index is 14.4. The van der Waals surface area contributed by atoms with Gasteiger partial charge in [0.2, 0.25) is 11.8 Å². The molecule has 8 rings (SSSR count). The van der Waals surface area contributed by atoms with Gasteiger partial charge in [0, 0.05) is 11.8 Å². The highest BCUT2D eigenvalue weighted by molar-refractivity contribution is 6.25. The Morgan fingerprint density at radius 3 is 1.92 bits per heavy atom. The van der Waals surface area contributed by atoms with Crippen molar-refractivity contribution in [1.82, 2.24) is 0 Å². The summed E-state index contributed by atoms with van der Waals surface area (Å²) in [4.78, 5) is 42.7. The molecule has 1 saturated heterocycles. The third-order valence-electron chi connectivity index (χ3n) is 8.33. The maximum Gasteiger partial charge on any atom is 0.343 e. The standard InChI is InChI=1S/C32H23NO4/c1-32-27-22-15-7-5-13-20(22)26(21-14-6-8-16-23(21)27)28(32)29(34)33(31(32)36)24-17-9-10-18-25(24)37-30(35)19-11-3-2-4-12-19/h2-18,26-28H,1H3/t26?,27?,28-,32+/m1/s1. The Morgan fingerprint density at radius 2 is 1.27 bits per heavy atom. The Labute approximate surface area is 214 Å². The molecule has 1 heterocycles. The van der Waals surface area contributed by atoms with E-state index in [9.17, 15) is 14.4 Å². The first-order valence-corrected chi connectivity index (χ1v) is 12.4. The highest BCUT2D eigenvalue weighted by Gasteiger charge is 2.69. The first-order valence-electron chi connectivity index (χ1n) is 12.4. The smallest absolute Gasteiger partial charge is 0.343 e. The summed E-state index contributed by atoms with van der Waals surface area (Å²) < 4.78 is 5.73. The first-order chi connectivity index (χ1) is 18.0. The lowest BCUT2D eigenvalue weighted by Gasteiger charge is -2.51. The molecule has 1 aliphatic heterocycles. The normalized spacial score (nSPS) is 24.9. The van der Waals surface area contributed by atoms with Crippen LogP contribution in [0.4, 0.5) is 5.69 Å². The molecule has 0 unspecified atom stereocenters. The van der Waals surface area contributed by atoms with Crippen molar-refractivity contribution >= 4 is 23.5 Å². The molecule has 180 valence electrons. The van der Waals surface area contributed by atoms with E-state index in [1.54, 1.807) is 48.5 Å². The highest BCUT2D eigenvalue weighted by atomic mass is 16.5. The molecule has 5 heteroatoms. The Bertz CT molecular complexity index is 1560. The van der Waals surface area contributed by atoms with Gasteiger partial charge in [-0.25, -0.2) is 9.69 Å². The topological polar surface area (TPSA) is 63.7 Å². The fourth-order valence-corrected chi connectivity index (χ4v) is 6.81. The van der Waals surface area contributed by atoms with Crippen molar-refractivity contribution in [3.8, 4) is 5.75 Å². The zero-order valence-corrected chi connectivity index (χ0v) is 20.1. The lowest BCUT2D eigenvalue weighted by atomic mass is 9.48. The molecule has 2 atom stereocenters. The van der Waals surface area contributed by atoms with Crippen LogP contribution < -0.4 is 9.64 Å². The molecule has 1 fully saturated rings. The monoisotopic (exact) mass is 485 g/mol. The van der Waals surface area contributed by atoms with Crippen molar-refractivity contribution in [1.29, 1.82) is 0 Å². The lowest BCUT2D eigenvalue weighted by Crippen LogP contribution is -2.49. The molecule has 5 nitrogen and oxygen atoms in total. The van der Waals surface area contributed by atoms with Crippen molar-refractivity contribution in [3.63, 3.8) is 0 Å². The number of imide groups is 1. The molecule has 4 aromatic carbocycles. The fraction of sp³-hybridized carbons (Fsp3) is 0.156. The molecule has 0 N–H and O–H groups in total. The maximum absolute atomic E-state index is 14.4. The van der Waals surface area contributed by atoms with Crippen molar-refractivity contribution in [2.45, 2.75) is 18.8 Å². The molecule has 4 aromatic rings. The minimum Gasteiger partial charge on any atom is -0.421 e. The second-order valence-corrected chi connectivity index (χ2v) is 10.1. The van der Waals surface area contributed by atoms with Gasteiger partial charge in [-0.15, -0.1) is 0 Å². The van der Waals surface area contributed by atoms with Gasteiger partial charge in [-0.1, -0.05) is 78.9 Å². The number of benzene rings is 4. The average molecular weight is 486 g/mol. The zero-order valence-electron chi connectivity index (χ0n) is 20.1. The van der Waals surface area contributed by atoms with Crippen molar-refractivity contribution in [2.24, 2.45) is 11.3 Å². The van der Waals surface area contributed by atoms with Gasteiger partial charge in [0.25, 0.3) is 0 Å². The Balaban J connectivity index is 1.36. The van der Waals surface area contributed by atoms with Gasteiger partial charge in [0.15, 0.2) is 5.75 Å². The van der Waals surface area contributed by atoms with E-state index in [1.165, 1.54) is 4.90 Å². The largest absolute Gasteiger partial charge is 0.421 e. The molecule has 0 radical (unpaired) electrons. The van der Waals surface area contributed by atoms with Gasteiger partial charge >= 0.3 is 5.97 Å². The van der Waals surface area contributed by atoms with Gasteiger partial charge in [-0.3, -0.25) is 9.59 Å². The number of amides is 2. The minimum absolute atomic E-state index is 0.183. The average Bonchev–Trinajstić information content (AvgIpc) is 3.14. The molecule has 2 amide bonds. The number of rotatable bonds is 3. The molecular weight excluding hydrogens is 462 g/mol. The van der Waals surface area contributed by atoms with Crippen LogP contribution in [0.25, 0.3) is 0 Å². The summed E-state index contributed by atoms with van der Waals surface area (Å²) in [7, 11) is 0. The molecule has 0 saturated carbocycles. The molecule has 0 aromatic heterocycles. The van der Waals surface area contributed by atoms with Crippen LogP contribution in [0.5, 0.6) is 5.75 Å². The molecular formula is C32H23NO4. The van der Waals surface area contributed by atoms with Crippen LogP contribution >= 0.6 is 0 Å². The Hall–Kier alpha value is -4.51. The number of nitrogens with zero attached hydrogens (tertiary/aromatic N) is 1. The third-order valence-corrected chi connectivity index (χ3v) is 8.33. The number of esters is 1. The van der Waals surface area contributed by atoms with Gasteiger partial charge in [-0.05, 0) is 53.4 Å². The number of anilines is 1. The summed E-state index contributed by atoms with van der Waals surface area (Å²) in [5, 5.41) is 0. The van der Waals surface area contributed by atoms with Crippen LogP contribution in [-0.2, 0) is 9.59 Å². The quantitative estimate of drug-likeness (QED) is 0.212. The fourth-order valence-electron chi connectivity index (χ4n) is 6.81. The Kier molecular flexibility index (Phi) is 4.55. The zero-order chi connectivity index (χ0) is 25.3. The number of para-hydroxylation sites is 2. The van der Waals surface area contributed by atoms with E-state index in [1.807, 2.05) is 37.3 Å². The van der Waals surface area contributed by atoms with E-state index >= 15 is 0 Å². The summed E-state index contributed by atoms with van der Waals surface area (Å²) in [6.45, 7) is 1.93. The summed E-state index contributed by atoms with van der Waals surface area (Å²) in [5.41, 5.74) is 4.17. The van der Waals surface area contributed by atoms with Crippen LogP contribution in [-0.4, -0.2) is 17.8 Å². The molecule has 2 bridgehead atoms. The number of hydrogen-bond donors (Lipinski definition) is 0. The molecule has 37 heavy (non-hydrogen) atoms. The molecule has 3 aliphatic carbocycles. The van der Waals surface area contributed by atoms with E-state index < -0.39 is 17.3 Å². The molecule has 4 aliphatic rings. The van der Waals surface area contributed by atoms with E-state index in [4.69, 9.17) is 4.74 Å². The number of hydrogen-bond acceptors (Lipinski definition) is 4. The SMILES string of the molecule is C[C@@]12C(=O)N(c3ccccc3OC(=O)c3ccccc3)C(=O)[C@H]1C1c3ccccc3C2c2ccccc21.